The number of hydrogen-bond donors (Lipinski definition) is 0. The first-order valence-electron chi connectivity index (χ1n) is 6.06. The fraction of sp³-hybridized carbons (Fsp3) is 1.00. The summed E-state index contributed by atoms with van der Waals surface area (Å²) in [5.41, 5.74) is 0. The SMILES string of the molecule is CCCCC[N+](OCC)(OCC)OCC. The maximum Gasteiger partial charge on any atom is 0.178 e. The number of unbranched alkanes of at least 4 members (excludes halogenated alkanes) is 2. The van der Waals surface area contributed by atoms with Crippen molar-refractivity contribution in [2.24, 2.45) is 0 Å². The molecule has 0 heterocycles. The maximum atomic E-state index is 5.55. The fourth-order valence-corrected chi connectivity index (χ4v) is 1.45. The van der Waals surface area contributed by atoms with Crippen molar-refractivity contribution in [1.82, 2.24) is 0 Å². The van der Waals surface area contributed by atoms with E-state index in [0.717, 1.165) is 13.0 Å². The summed E-state index contributed by atoms with van der Waals surface area (Å²) in [6, 6.07) is 0. The zero-order valence-electron chi connectivity index (χ0n) is 10.6. The topological polar surface area (TPSA) is 27.7 Å². The van der Waals surface area contributed by atoms with Crippen LogP contribution in [0.15, 0.2) is 0 Å². The largest absolute Gasteiger partial charge is 0.178 e. The van der Waals surface area contributed by atoms with E-state index in [1.165, 1.54) is 12.8 Å². The molecule has 0 amide bonds. The van der Waals surface area contributed by atoms with Crippen molar-refractivity contribution in [3.63, 3.8) is 0 Å². The van der Waals surface area contributed by atoms with Gasteiger partial charge in [-0.1, -0.05) is 13.3 Å². The molecule has 0 aromatic heterocycles. The lowest BCUT2D eigenvalue weighted by Crippen LogP contribution is -2.48. The second-order valence-corrected chi connectivity index (χ2v) is 3.29. The third kappa shape index (κ3) is 6.10. The Morgan fingerprint density at radius 1 is 0.733 bits per heavy atom. The molecule has 0 aromatic carbocycles. The molecule has 0 N–H and O–H groups in total. The number of rotatable bonds is 10. The van der Waals surface area contributed by atoms with Crippen molar-refractivity contribution in [2.45, 2.75) is 47.0 Å². The highest BCUT2D eigenvalue weighted by Gasteiger charge is 2.32. The van der Waals surface area contributed by atoms with Gasteiger partial charge in [-0.05, 0) is 27.2 Å². The van der Waals surface area contributed by atoms with E-state index >= 15 is 0 Å². The van der Waals surface area contributed by atoms with Gasteiger partial charge >= 0.3 is 0 Å². The van der Waals surface area contributed by atoms with Gasteiger partial charge in [-0.3, -0.25) is 0 Å². The summed E-state index contributed by atoms with van der Waals surface area (Å²) in [5.74, 6) is 0. The molecule has 4 nitrogen and oxygen atoms in total. The summed E-state index contributed by atoms with van der Waals surface area (Å²) in [4.78, 5) is 16.5. The highest BCUT2D eigenvalue weighted by molar-refractivity contribution is 4.32. The second kappa shape index (κ2) is 9.09. The van der Waals surface area contributed by atoms with Crippen LogP contribution in [-0.4, -0.2) is 31.3 Å². The molecule has 0 aliphatic rings. The molecular formula is C11H26NO3+. The molecule has 0 bridgehead atoms. The van der Waals surface area contributed by atoms with E-state index in [2.05, 4.69) is 6.92 Å². The van der Waals surface area contributed by atoms with Crippen LogP contribution < -0.4 is 0 Å². The molecule has 0 unspecified atom stereocenters. The molecule has 0 aliphatic heterocycles. The molecule has 0 rings (SSSR count). The van der Waals surface area contributed by atoms with Crippen molar-refractivity contribution < 1.29 is 19.5 Å². The normalized spacial score (nSPS) is 12.0. The van der Waals surface area contributed by atoms with Gasteiger partial charge in [0.2, 0.25) is 0 Å². The molecule has 0 aliphatic carbocycles. The Labute approximate surface area is 93.6 Å². The van der Waals surface area contributed by atoms with E-state index in [-0.39, 0.29) is 4.97 Å². The van der Waals surface area contributed by atoms with Gasteiger partial charge in [0, 0.05) is 6.42 Å². The highest BCUT2D eigenvalue weighted by atomic mass is 17.2. The van der Waals surface area contributed by atoms with Crippen LogP contribution in [-0.2, 0) is 14.5 Å². The molecule has 4 heteroatoms. The Bertz CT molecular complexity index is 125. The van der Waals surface area contributed by atoms with Crippen molar-refractivity contribution >= 4 is 0 Å². The summed E-state index contributed by atoms with van der Waals surface area (Å²) in [6.07, 6.45) is 3.41. The van der Waals surface area contributed by atoms with E-state index < -0.39 is 0 Å². The lowest BCUT2D eigenvalue weighted by molar-refractivity contribution is -1.37. The number of hydrogen-bond acceptors (Lipinski definition) is 3. The molecule has 0 atom stereocenters. The predicted octanol–water partition coefficient (Wildman–Crippen LogP) is 2.85. The van der Waals surface area contributed by atoms with E-state index in [4.69, 9.17) is 14.5 Å². The Kier molecular flexibility index (Phi) is 9.00. The standard InChI is InChI=1S/C11H26NO3/c1-5-9-10-11-12(13-6-2,14-7-3)15-8-4/h5-11H2,1-4H3/q+1. The minimum atomic E-state index is -0.108. The van der Waals surface area contributed by atoms with Crippen LogP contribution in [0.5, 0.6) is 0 Å². The van der Waals surface area contributed by atoms with E-state index in [0.29, 0.717) is 19.8 Å². The number of quaternary nitrogens is 1. The van der Waals surface area contributed by atoms with Crippen molar-refractivity contribution in [3.8, 4) is 0 Å². The zero-order chi connectivity index (χ0) is 11.6. The van der Waals surface area contributed by atoms with Crippen molar-refractivity contribution in [1.29, 1.82) is 0 Å². The minimum absolute atomic E-state index is 0.108. The monoisotopic (exact) mass is 220 g/mol. The Morgan fingerprint density at radius 3 is 1.53 bits per heavy atom. The Morgan fingerprint density at radius 2 is 1.20 bits per heavy atom. The van der Waals surface area contributed by atoms with Gasteiger partial charge in [0.1, 0.15) is 19.8 Å². The van der Waals surface area contributed by atoms with Gasteiger partial charge in [0.25, 0.3) is 0 Å². The Balaban J connectivity index is 4.18. The summed E-state index contributed by atoms with van der Waals surface area (Å²) >= 11 is 0. The first kappa shape index (κ1) is 14.8. The number of hydroxylamine groups is 3. The van der Waals surface area contributed by atoms with Crippen LogP contribution in [0.4, 0.5) is 0 Å². The van der Waals surface area contributed by atoms with Crippen LogP contribution >= 0.6 is 0 Å². The third-order valence-electron chi connectivity index (χ3n) is 2.01. The highest BCUT2D eigenvalue weighted by Crippen LogP contribution is 2.14. The minimum Gasteiger partial charge on any atom is -0.132 e. The molecule has 92 valence electrons. The van der Waals surface area contributed by atoms with Gasteiger partial charge in [-0.15, -0.1) is 14.5 Å². The lowest BCUT2D eigenvalue weighted by Gasteiger charge is -2.28. The van der Waals surface area contributed by atoms with Crippen molar-refractivity contribution in [3.05, 3.63) is 0 Å². The molecule has 0 spiro atoms. The quantitative estimate of drug-likeness (QED) is 0.322. The first-order valence-corrected chi connectivity index (χ1v) is 6.06. The fourth-order valence-electron chi connectivity index (χ4n) is 1.45. The van der Waals surface area contributed by atoms with E-state index in [1.54, 1.807) is 0 Å². The molecule has 15 heavy (non-hydrogen) atoms. The average molecular weight is 220 g/mol. The summed E-state index contributed by atoms with van der Waals surface area (Å²) in [6.45, 7) is 10.5. The van der Waals surface area contributed by atoms with E-state index in [9.17, 15) is 0 Å². The van der Waals surface area contributed by atoms with E-state index in [1.807, 2.05) is 20.8 Å². The van der Waals surface area contributed by atoms with Crippen LogP contribution in [0.2, 0.25) is 0 Å². The Hall–Kier alpha value is -0.160. The molecule has 0 saturated heterocycles. The van der Waals surface area contributed by atoms with Crippen LogP contribution in [0.25, 0.3) is 0 Å². The zero-order valence-corrected chi connectivity index (χ0v) is 10.6. The van der Waals surface area contributed by atoms with Crippen molar-refractivity contribution in [2.75, 3.05) is 26.4 Å². The van der Waals surface area contributed by atoms with Crippen LogP contribution in [0, 0.1) is 0 Å². The molecule has 0 aromatic rings. The van der Waals surface area contributed by atoms with Gasteiger partial charge in [0.15, 0.2) is 6.54 Å². The van der Waals surface area contributed by atoms with Crippen LogP contribution in [0.3, 0.4) is 0 Å². The van der Waals surface area contributed by atoms with Gasteiger partial charge in [-0.25, -0.2) is 0 Å². The predicted molar refractivity (Wildman–Crippen MR) is 59.5 cm³/mol. The van der Waals surface area contributed by atoms with Crippen LogP contribution in [0.1, 0.15) is 47.0 Å². The molecule has 0 radical (unpaired) electrons. The third-order valence-corrected chi connectivity index (χ3v) is 2.01. The lowest BCUT2D eigenvalue weighted by atomic mass is 10.2. The molecule has 0 saturated carbocycles. The van der Waals surface area contributed by atoms with Gasteiger partial charge in [0.05, 0.1) is 4.97 Å². The summed E-state index contributed by atoms with van der Waals surface area (Å²) < 4.78 is 0. The molecule has 0 fully saturated rings. The summed E-state index contributed by atoms with van der Waals surface area (Å²) in [5, 5.41) is 0. The first-order chi connectivity index (χ1) is 7.24. The smallest absolute Gasteiger partial charge is 0.132 e. The second-order valence-electron chi connectivity index (χ2n) is 3.29. The summed E-state index contributed by atoms with van der Waals surface area (Å²) in [7, 11) is 0. The number of nitrogens with zero attached hydrogens (tertiary/aromatic N) is 1. The average Bonchev–Trinajstić information content (AvgIpc) is 2.19. The van der Waals surface area contributed by atoms with Gasteiger partial charge in [-0.2, -0.15) is 0 Å². The molecular weight excluding hydrogens is 194 g/mol. The van der Waals surface area contributed by atoms with Gasteiger partial charge < -0.3 is 0 Å². The maximum absolute atomic E-state index is 5.55.